The number of carbonyl (C=O) groups excluding carboxylic acids is 2. The summed E-state index contributed by atoms with van der Waals surface area (Å²) < 4.78 is 11.6. The van der Waals surface area contributed by atoms with Crippen LogP contribution in [0.4, 0.5) is 0 Å². The van der Waals surface area contributed by atoms with Gasteiger partial charge in [-0.3, -0.25) is 9.59 Å². The predicted molar refractivity (Wildman–Crippen MR) is 105 cm³/mol. The fourth-order valence-electron chi connectivity index (χ4n) is 6.01. The van der Waals surface area contributed by atoms with E-state index in [1.807, 2.05) is 20.8 Å². The van der Waals surface area contributed by atoms with Gasteiger partial charge in [0.1, 0.15) is 0 Å². The molecule has 3 atom stereocenters. The Morgan fingerprint density at radius 2 is 1.78 bits per heavy atom. The normalized spacial score (nSPS) is 33.3. The van der Waals surface area contributed by atoms with Crippen molar-refractivity contribution in [2.75, 3.05) is 13.7 Å². The number of allylic oxidation sites excluding steroid dienone is 2. The van der Waals surface area contributed by atoms with Gasteiger partial charge in [0.25, 0.3) is 0 Å². The van der Waals surface area contributed by atoms with E-state index < -0.39 is 0 Å². The number of carbonyl (C=O) groups is 2. The molecule has 4 heteroatoms. The third-order valence-corrected chi connectivity index (χ3v) is 7.16. The van der Waals surface area contributed by atoms with E-state index in [1.54, 1.807) is 0 Å². The van der Waals surface area contributed by atoms with Crippen LogP contribution in [0.25, 0.3) is 0 Å². The van der Waals surface area contributed by atoms with E-state index in [2.05, 4.69) is 20.8 Å². The Morgan fingerprint density at radius 3 is 2.33 bits per heavy atom. The van der Waals surface area contributed by atoms with Gasteiger partial charge in [-0.2, -0.15) is 0 Å². The summed E-state index contributed by atoms with van der Waals surface area (Å²) in [7, 11) is 1.50. The van der Waals surface area contributed by atoms with Crippen LogP contribution in [0, 0.1) is 22.7 Å². The summed E-state index contributed by atoms with van der Waals surface area (Å²) in [6.07, 6.45) is 3.65. The number of Topliss-reactive ketones (excluding diaryl/α,β-unsaturated/α-hetero) is 2. The van der Waals surface area contributed by atoms with Crippen molar-refractivity contribution in [3.63, 3.8) is 0 Å². The molecule has 0 N–H and O–H groups in total. The maximum absolute atomic E-state index is 13.6. The third-order valence-electron chi connectivity index (χ3n) is 7.16. The minimum atomic E-state index is -0.302. The van der Waals surface area contributed by atoms with E-state index in [0.29, 0.717) is 29.2 Å². The molecule has 0 spiro atoms. The number of fused-ring (bicyclic) bond motifs is 2. The third kappa shape index (κ3) is 2.91. The first-order valence-electron chi connectivity index (χ1n) is 10.3. The van der Waals surface area contributed by atoms with Crippen LogP contribution in [0.5, 0.6) is 0 Å². The molecule has 0 aliphatic heterocycles. The average Bonchev–Trinajstić information content (AvgIpc) is 2.57. The van der Waals surface area contributed by atoms with Crippen molar-refractivity contribution in [2.45, 2.75) is 73.3 Å². The first kappa shape index (κ1) is 20.3. The van der Waals surface area contributed by atoms with Gasteiger partial charge >= 0.3 is 0 Å². The van der Waals surface area contributed by atoms with Crippen LogP contribution in [0.2, 0.25) is 0 Å². The maximum atomic E-state index is 13.6. The molecule has 0 aromatic heterocycles. The Labute approximate surface area is 163 Å². The lowest BCUT2D eigenvalue weighted by Gasteiger charge is -2.56. The smallest absolute Gasteiger partial charge is 0.225 e. The SMILES string of the molecule is CCO[C@@H]1C[C@H]2C(C)(C)CCC[C@]2(C)C2=C1C(=O)C(C(C)C)=C(OC)C2=O. The highest BCUT2D eigenvalue weighted by molar-refractivity contribution is 6.25. The molecule has 3 aliphatic carbocycles. The monoisotopic (exact) mass is 374 g/mol. The lowest BCUT2D eigenvalue weighted by Crippen LogP contribution is -2.53. The van der Waals surface area contributed by atoms with Crippen LogP contribution in [0.1, 0.15) is 67.2 Å². The summed E-state index contributed by atoms with van der Waals surface area (Å²) in [4.78, 5) is 27.2. The van der Waals surface area contributed by atoms with Crippen molar-refractivity contribution in [3.05, 3.63) is 22.5 Å². The van der Waals surface area contributed by atoms with Gasteiger partial charge in [-0.05, 0) is 43.4 Å². The largest absolute Gasteiger partial charge is 0.492 e. The Balaban J connectivity index is 2.25. The summed E-state index contributed by atoms with van der Waals surface area (Å²) in [5.74, 6) is 0.350. The summed E-state index contributed by atoms with van der Waals surface area (Å²) in [6.45, 7) is 13.2. The fraction of sp³-hybridized carbons (Fsp3) is 0.739. The zero-order valence-corrected chi connectivity index (χ0v) is 17.9. The Bertz CT molecular complexity index is 725. The molecule has 0 aromatic carbocycles. The van der Waals surface area contributed by atoms with Gasteiger partial charge in [0.2, 0.25) is 5.78 Å². The summed E-state index contributed by atoms with van der Waals surface area (Å²) in [5, 5.41) is 0. The zero-order valence-electron chi connectivity index (χ0n) is 17.9. The van der Waals surface area contributed by atoms with E-state index >= 15 is 0 Å². The van der Waals surface area contributed by atoms with E-state index in [4.69, 9.17) is 9.47 Å². The van der Waals surface area contributed by atoms with Gasteiger partial charge in [0.15, 0.2) is 11.5 Å². The Hall–Kier alpha value is -1.42. The fourth-order valence-corrected chi connectivity index (χ4v) is 6.01. The molecule has 0 radical (unpaired) electrons. The van der Waals surface area contributed by atoms with Gasteiger partial charge in [0.05, 0.1) is 13.2 Å². The van der Waals surface area contributed by atoms with Crippen LogP contribution in [-0.4, -0.2) is 31.4 Å². The topological polar surface area (TPSA) is 52.6 Å². The van der Waals surface area contributed by atoms with E-state index in [1.165, 1.54) is 7.11 Å². The standard InChI is InChI=1S/C23H34O4/c1-8-27-14-12-15-22(4,5)10-9-11-23(15,6)18-17(14)19(24)16(13(2)3)21(26-7)20(18)25/h13-15H,8-12H2,1-7H3/t14-,15+,23+/m1/s1. The van der Waals surface area contributed by atoms with Crippen molar-refractivity contribution in [3.8, 4) is 0 Å². The lowest BCUT2D eigenvalue weighted by atomic mass is 9.48. The van der Waals surface area contributed by atoms with Crippen LogP contribution in [0.15, 0.2) is 22.5 Å². The number of rotatable bonds is 4. The highest BCUT2D eigenvalue weighted by atomic mass is 16.5. The van der Waals surface area contributed by atoms with Crippen LogP contribution < -0.4 is 0 Å². The summed E-state index contributed by atoms with van der Waals surface area (Å²) >= 11 is 0. The minimum Gasteiger partial charge on any atom is -0.492 e. The molecule has 0 bridgehead atoms. The first-order chi connectivity index (χ1) is 12.6. The molecule has 0 heterocycles. The predicted octanol–water partition coefficient (Wildman–Crippen LogP) is 4.63. The molecule has 0 unspecified atom stereocenters. The highest BCUT2D eigenvalue weighted by Gasteiger charge is 2.58. The van der Waals surface area contributed by atoms with Crippen molar-refractivity contribution in [1.29, 1.82) is 0 Å². The molecule has 3 rings (SSSR count). The van der Waals surface area contributed by atoms with Gasteiger partial charge in [-0.1, -0.05) is 41.0 Å². The number of hydrogen-bond donors (Lipinski definition) is 0. The number of methoxy groups -OCH3 is 1. The van der Waals surface area contributed by atoms with Gasteiger partial charge < -0.3 is 9.47 Å². The second-order valence-electron chi connectivity index (χ2n) is 9.54. The summed E-state index contributed by atoms with van der Waals surface area (Å²) in [5.41, 5.74) is 1.60. The molecule has 0 amide bonds. The van der Waals surface area contributed by atoms with E-state index in [9.17, 15) is 9.59 Å². The average molecular weight is 375 g/mol. The van der Waals surface area contributed by atoms with Crippen molar-refractivity contribution in [1.82, 2.24) is 0 Å². The Kier molecular flexibility index (Phi) is 5.17. The molecular formula is C23H34O4. The van der Waals surface area contributed by atoms with Crippen molar-refractivity contribution >= 4 is 11.6 Å². The quantitative estimate of drug-likeness (QED) is 0.673. The second kappa shape index (κ2) is 6.88. The molecule has 0 aromatic rings. The van der Waals surface area contributed by atoms with Crippen LogP contribution in [-0.2, 0) is 19.1 Å². The Morgan fingerprint density at radius 1 is 1.11 bits per heavy atom. The van der Waals surface area contributed by atoms with E-state index in [-0.39, 0.29) is 40.2 Å². The zero-order chi connectivity index (χ0) is 20.1. The van der Waals surface area contributed by atoms with Gasteiger partial charge in [0, 0.05) is 28.7 Å². The summed E-state index contributed by atoms with van der Waals surface area (Å²) in [6, 6.07) is 0. The molecule has 3 aliphatic rings. The minimum absolute atomic E-state index is 0.0436. The molecule has 4 nitrogen and oxygen atoms in total. The number of ether oxygens (including phenoxy) is 2. The second-order valence-corrected chi connectivity index (χ2v) is 9.54. The highest BCUT2D eigenvalue weighted by Crippen LogP contribution is 2.61. The van der Waals surface area contributed by atoms with Crippen molar-refractivity contribution < 1.29 is 19.1 Å². The van der Waals surface area contributed by atoms with Crippen LogP contribution >= 0.6 is 0 Å². The maximum Gasteiger partial charge on any atom is 0.225 e. The molecule has 1 fully saturated rings. The van der Waals surface area contributed by atoms with Crippen molar-refractivity contribution in [2.24, 2.45) is 22.7 Å². The first-order valence-corrected chi connectivity index (χ1v) is 10.3. The molecule has 1 saturated carbocycles. The lowest BCUT2D eigenvalue weighted by molar-refractivity contribution is -0.125. The molecule has 0 saturated heterocycles. The molecule has 27 heavy (non-hydrogen) atoms. The molecular weight excluding hydrogens is 340 g/mol. The number of ketones is 2. The van der Waals surface area contributed by atoms with Gasteiger partial charge in [-0.15, -0.1) is 0 Å². The van der Waals surface area contributed by atoms with E-state index in [0.717, 1.165) is 25.7 Å². The molecule has 150 valence electrons. The van der Waals surface area contributed by atoms with Crippen LogP contribution in [0.3, 0.4) is 0 Å². The van der Waals surface area contributed by atoms with Gasteiger partial charge in [-0.25, -0.2) is 0 Å². The number of hydrogen-bond acceptors (Lipinski definition) is 4.